The van der Waals surface area contributed by atoms with Crippen molar-refractivity contribution in [3.8, 4) is 0 Å². The normalized spacial score (nSPS) is 25.9. The zero-order valence-corrected chi connectivity index (χ0v) is 16.6. The lowest BCUT2D eigenvalue weighted by Gasteiger charge is -2.54. The van der Waals surface area contributed by atoms with Crippen molar-refractivity contribution in [2.45, 2.75) is 69.7 Å². The van der Waals surface area contributed by atoms with Crippen molar-refractivity contribution in [1.82, 2.24) is 25.0 Å². The van der Waals surface area contributed by atoms with Gasteiger partial charge in [0.1, 0.15) is 12.4 Å². The molecule has 154 valence electrons. The van der Waals surface area contributed by atoms with Crippen molar-refractivity contribution in [3.63, 3.8) is 0 Å². The lowest BCUT2D eigenvalue weighted by molar-refractivity contribution is -0.175. The van der Waals surface area contributed by atoms with Crippen molar-refractivity contribution in [1.29, 1.82) is 0 Å². The Morgan fingerprint density at radius 1 is 1.32 bits per heavy atom. The Morgan fingerprint density at radius 2 is 2.14 bits per heavy atom. The topological polar surface area (TPSA) is 98.6 Å². The Hall–Kier alpha value is -2.00. The predicted octanol–water partition coefficient (Wildman–Crippen LogP) is 0.724. The van der Waals surface area contributed by atoms with Gasteiger partial charge in [-0.1, -0.05) is 0 Å². The van der Waals surface area contributed by atoms with Crippen molar-refractivity contribution < 1.29 is 19.1 Å². The average Bonchev–Trinajstić information content (AvgIpc) is 3.03. The molecule has 0 aromatic carbocycles. The zero-order valence-electron chi connectivity index (χ0n) is 16.6. The van der Waals surface area contributed by atoms with Gasteiger partial charge >= 0.3 is 0 Å². The number of nitrogens with one attached hydrogen (secondary N) is 1. The largest absolute Gasteiger partial charge is 0.375 e. The van der Waals surface area contributed by atoms with Gasteiger partial charge in [-0.05, 0) is 39.0 Å². The molecule has 3 aliphatic rings. The van der Waals surface area contributed by atoms with Gasteiger partial charge in [0.15, 0.2) is 5.82 Å². The van der Waals surface area contributed by atoms with Crippen LogP contribution in [0, 0.1) is 6.92 Å². The predicted molar refractivity (Wildman–Crippen MR) is 99.4 cm³/mol. The van der Waals surface area contributed by atoms with Crippen LogP contribution >= 0.6 is 0 Å². The fourth-order valence-corrected chi connectivity index (χ4v) is 4.60. The molecule has 2 atom stereocenters. The van der Waals surface area contributed by atoms with Crippen LogP contribution in [0.25, 0.3) is 0 Å². The maximum Gasteiger partial charge on any atom is 0.249 e. The Bertz CT molecular complexity index is 745. The zero-order chi connectivity index (χ0) is 19.7. The number of carbonyl (C=O) groups is 2. The summed E-state index contributed by atoms with van der Waals surface area (Å²) in [6, 6.07) is -0.116. The quantitative estimate of drug-likeness (QED) is 0.794. The highest BCUT2D eigenvalue weighted by Gasteiger charge is 2.49. The SMILES string of the molecule is COCC(=O)N1CC(CC(=O)NC2CCCn3c(C)nnc32)OCC12CCC2. The number of fused-ring (bicyclic) bond motifs is 1. The van der Waals surface area contributed by atoms with Gasteiger partial charge in [0, 0.05) is 20.2 Å². The van der Waals surface area contributed by atoms with Crippen molar-refractivity contribution in [3.05, 3.63) is 11.6 Å². The van der Waals surface area contributed by atoms with Crippen LogP contribution in [0.1, 0.15) is 56.2 Å². The highest BCUT2D eigenvalue weighted by Crippen LogP contribution is 2.41. The number of ether oxygens (including phenoxy) is 2. The van der Waals surface area contributed by atoms with E-state index in [0.717, 1.165) is 50.3 Å². The Labute approximate surface area is 164 Å². The molecule has 1 aromatic rings. The van der Waals surface area contributed by atoms with E-state index in [2.05, 4.69) is 20.1 Å². The monoisotopic (exact) mass is 391 g/mol. The summed E-state index contributed by atoms with van der Waals surface area (Å²) >= 11 is 0. The molecule has 1 saturated heterocycles. The summed E-state index contributed by atoms with van der Waals surface area (Å²) in [7, 11) is 1.53. The second kappa shape index (κ2) is 7.79. The first-order valence-corrected chi connectivity index (χ1v) is 10.1. The van der Waals surface area contributed by atoms with Crippen LogP contribution in [-0.2, 0) is 25.6 Å². The number of carbonyl (C=O) groups excluding carboxylic acids is 2. The first kappa shape index (κ1) is 19.3. The van der Waals surface area contributed by atoms with Gasteiger partial charge in [0.05, 0.1) is 30.7 Å². The molecule has 1 saturated carbocycles. The molecule has 0 bridgehead atoms. The highest BCUT2D eigenvalue weighted by atomic mass is 16.5. The van der Waals surface area contributed by atoms with E-state index in [1.54, 1.807) is 0 Å². The molecule has 9 heteroatoms. The summed E-state index contributed by atoms with van der Waals surface area (Å²) in [5.41, 5.74) is -0.195. The molecule has 9 nitrogen and oxygen atoms in total. The molecular weight excluding hydrogens is 362 g/mol. The number of morpholine rings is 1. The minimum atomic E-state index is -0.296. The molecule has 28 heavy (non-hydrogen) atoms. The summed E-state index contributed by atoms with van der Waals surface area (Å²) in [4.78, 5) is 27.1. The van der Waals surface area contributed by atoms with Gasteiger partial charge in [0.25, 0.3) is 0 Å². The first-order valence-electron chi connectivity index (χ1n) is 10.1. The second-order valence-corrected chi connectivity index (χ2v) is 8.17. The maximum atomic E-state index is 12.7. The van der Waals surface area contributed by atoms with E-state index in [1.807, 2.05) is 11.8 Å². The summed E-state index contributed by atoms with van der Waals surface area (Å²) < 4.78 is 13.1. The van der Waals surface area contributed by atoms with E-state index in [-0.39, 0.29) is 42.5 Å². The number of aromatic nitrogens is 3. The third-order valence-corrected chi connectivity index (χ3v) is 6.30. The summed E-state index contributed by atoms with van der Waals surface area (Å²) in [5, 5.41) is 11.4. The molecular formula is C19H29N5O4. The number of amides is 2. The Kier molecular flexibility index (Phi) is 5.37. The summed E-state index contributed by atoms with van der Waals surface area (Å²) in [5.74, 6) is 1.61. The van der Waals surface area contributed by atoms with E-state index in [0.29, 0.717) is 13.2 Å². The molecule has 1 aromatic heterocycles. The van der Waals surface area contributed by atoms with Crippen LogP contribution in [0.5, 0.6) is 0 Å². The number of aryl methyl sites for hydroxylation is 1. The van der Waals surface area contributed by atoms with Crippen LogP contribution in [0.15, 0.2) is 0 Å². The first-order chi connectivity index (χ1) is 13.5. The van der Waals surface area contributed by atoms with Crippen LogP contribution in [-0.4, -0.2) is 70.0 Å². The molecule has 1 aliphatic carbocycles. The standard InChI is InChI=1S/C19H29N5O4/c1-13-21-22-18-15(5-3-8-23(13)18)20-16(25)9-14-10-24(17(26)11-27-2)19(12-28-14)6-4-7-19/h14-15H,3-12H2,1-2H3,(H,20,25). The maximum absolute atomic E-state index is 12.7. The Morgan fingerprint density at radius 3 is 2.86 bits per heavy atom. The number of rotatable bonds is 5. The van der Waals surface area contributed by atoms with Gasteiger partial charge in [-0.25, -0.2) is 0 Å². The van der Waals surface area contributed by atoms with Crippen LogP contribution in [0.4, 0.5) is 0 Å². The van der Waals surface area contributed by atoms with Crippen molar-refractivity contribution in [2.24, 2.45) is 0 Å². The molecule has 3 heterocycles. The van der Waals surface area contributed by atoms with Crippen LogP contribution in [0.2, 0.25) is 0 Å². The van der Waals surface area contributed by atoms with E-state index in [1.165, 1.54) is 7.11 Å². The van der Waals surface area contributed by atoms with Crippen LogP contribution in [0.3, 0.4) is 0 Å². The van der Waals surface area contributed by atoms with E-state index in [9.17, 15) is 9.59 Å². The van der Waals surface area contributed by atoms with Gasteiger partial charge in [0.2, 0.25) is 11.8 Å². The van der Waals surface area contributed by atoms with Gasteiger partial charge in [-0.15, -0.1) is 10.2 Å². The van der Waals surface area contributed by atoms with Gasteiger partial charge < -0.3 is 24.3 Å². The van der Waals surface area contributed by atoms with E-state index < -0.39 is 0 Å². The lowest BCUT2D eigenvalue weighted by atomic mass is 9.74. The molecule has 0 radical (unpaired) electrons. The number of nitrogens with zero attached hydrogens (tertiary/aromatic N) is 4. The van der Waals surface area contributed by atoms with Gasteiger partial charge in [-0.3, -0.25) is 9.59 Å². The second-order valence-electron chi connectivity index (χ2n) is 8.17. The minimum Gasteiger partial charge on any atom is -0.375 e. The Balaban J connectivity index is 1.36. The molecule has 4 rings (SSSR count). The summed E-state index contributed by atoms with van der Waals surface area (Å²) in [6.07, 6.45) is 4.80. The average molecular weight is 391 g/mol. The minimum absolute atomic E-state index is 0.0215. The van der Waals surface area contributed by atoms with Crippen molar-refractivity contribution >= 4 is 11.8 Å². The molecule has 1 spiro atoms. The molecule has 2 fully saturated rings. The summed E-state index contributed by atoms with van der Waals surface area (Å²) in [6.45, 7) is 3.83. The third-order valence-electron chi connectivity index (χ3n) is 6.30. The number of hydrogen-bond acceptors (Lipinski definition) is 6. The highest BCUT2D eigenvalue weighted by molar-refractivity contribution is 5.79. The van der Waals surface area contributed by atoms with E-state index >= 15 is 0 Å². The van der Waals surface area contributed by atoms with Gasteiger partial charge in [-0.2, -0.15) is 0 Å². The number of hydrogen-bond donors (Lipinski definition) is 1. The smallest absolute Gasteiger partial charge is 0.249 e. The van der Waals surface area contributed by atoms with E-state index in [4.69, 9.17) is 9.47 Å². The molecule has 2 unspecified atom stereocenters. The van der Waals surface area contributed by atoms with Crippen LogP contribution < -0.4 is 5.32 Å². The fraction of sp³-hybridized carbons (Fsp3) is 0.789. The number of methoxy groups -OCH3 is 1. The lowest BCUT2D eigenvalue weighted by Crippen LogP contribution is -2.65. The molecule has 2 aliphatic heterocycles. The molecule has 1 N–H and O–H groups in total. The van der Waals surface area contributed by atoms with Crippen molar-refractivity contribution in [2.75, 3.05) is 26.9 Å². The third kappa shape index (κ3) is 3.53. The molecule has 2 amide bonds. The fourth-order valence-electron chi connectivity index (χ4n) is 4.60.